The maximum atomic E-state index is 12.3. The maximum Gasteiger partial charge on any atom is 0.252 e. The molecule has 0 radical (unpaired) electrons. The first kappa shape index (κ1) is 16.0. The molecule has 0 aliphatic carbocycles. The van der Waals surface area contributed by atoms with E-state index in [-0.39, 0.29) is 11.9 Å². The zero-order valence-electron chi connectivity index (χ0n) is 12.6. The van der Waals surface area contributed by atoms with Crippen LogP contribution in [0, 0.1) is 3.57 Å². The smallest absolute Gasteiger partial charge is 0.252 e. The van der Waals surface area contributed by atoms with Gasteiger partial charge in [-0.2, -0.15) is 0 Å². The molecule has 0 aromatic heterocycles. The Morgan fingerprint density at radius 3 is 2.10 bits per heavy atom. The Morgan fingerprint density at radius 2 is 1.52 bits per heavy atom. The van der Waals surface area contributed by atoms with E-state index in [2.05, 4.69) is 66.0 Å². The largest absolute Gasteiger partial charge is 0.345 e. The van der Waals surface area contributed by atoms with Crippen molar-refractivity contribution in [3.8, 4) is 0 Å². The van der Waals surface area contributed by atoms with E-state index >= 15 is 0 Å². The molecular formula is C18H20INO. The molecule has 2 nitrogen and oxygen atoms in total. The minimum Gasteiger partial charge on any atom is -0.345 e. The molecule has 2 aromatic carbocycles. The van der Waals surface area contributed by atoms with Crippen molar-refractivity contribution in [2.24, 2.45) is 0 Å². The Bertz CT molecular complexity index is 619. The van der Waals surface area contributed by atoms with Crippen LogP contribution in [0.3, 0.4) is 0 Å². The zero-order chi connectivity index (χ0) is 15.4. The Kier molecular flexibility index (Phi) is 5.39. The lowest BCUT2D eigenvalue weighted by atomic mass is 9.99. The SMILES string of the molecule is CC(C)c1ccc(C(C)NC(=O)c2ccccc2I)cc1. The zero-order valence-corrected chi connectivity index (χ0v) is 14.7. The monoisotopic (exact) mass is 393 g/mol. The first-order chi connectivity index (χ1) is 9.99. The molecule has 21 heavy (non-hydrogen) atoms. The molecule has 2 rings (SSSR count). The van der Waals surface area contributed by atoms with Gasteiger partial charge in [-0.15, -0.1) is 0 Å². The third kappa shape index (κ3) is 4.06. The van der Waals surface area contributed by atoms with Crippen LogP contribution in [0.15, 0.2) is 48.5 Å². The predicted molar refractivity (Wildman–Crippen MR) is 95.6 cm³/mol. The number of halogens is 1. The molecule has 0 bridgehead atoms. The highest BCUT2D eigenvalue weighted by Gasteiger charge is 2.13. The number of amides is 1. The van der Waals surface area contributed by atoms with Crippen LogP contribution in [0.5, 0.6) is 0 Å². The van der Waals surface area contributed by atoms with Crippen LogP contribution < -0.4 is 5.32 Å². The van der Waals surface area contributed by atoms with Crippen molar-refractivity contribution in [2.75, 3.05) is 0 Å². The Hall–Kier alpha value is -1.36. The fourth-order valence-electron chi connectivity index (χ4n) is 2.17. The predicted octanol–water partition coefficient (Wildman–Crippen LogP) is 4.91. The Labute approximate surface area is 140 Å². The van der Waals surface area contributed by atoms with Gasteiger partial charge in [0, 0.05) is 3.57 Å². The molecule has 2 aromatic rings. The summed E-state index contributed by atoms with van der Waals surface area (Å²) in [5.74, 6) is 0.496. The van der Waals surface area contributed by atoms with E-state index in [1.165, 1.54) is 5.56 Å². The molecule has 1 atom stereocenters. The Balaban J connectivity index is 2.09. The molecule has 0 aliphatic heterocycles. The van der Waals surface area contributed by atoms with Gasteiger partial charge in [-0.25, -0.2) is 0 Å². The van der Waals surface area contributed by atoms with Crippen molar-refractivity contribution < 1.29 is 4.79 Å². The van der Waals surface area contributed by atoms with Crippen LogP contribution in [-0.4, -0.2) is 5.91 Å². The van der Waals surface area contributed by atoms with Crippen LogP contribution in [0.2, 0.25) is 0 Å². The second kappa shape index (κ2) is 7.07. The molecule has 0 saturated carbocycles. The van der Waals surface area contributed by atoms with Crippen molar-refractivity contribution in [1.29, 1.82) is 0 Å². The molecule has 3 heteroatoms. The van der Waals surface area contributed by atoms with Gasteiger partial charge in [-0.1, -0.05) is 50.2 Å². The van der Waals surface area contributed by atoms with Crippen LogP contribution >= 0.6 is 22.6 Å². The number of nitrogens with one attached hydrogen (secondary N) is 1. The number of hydrogen-bond acceptors (Lipinski definition) is 1. The van der Waals surface area contributed by atoms with Gasteiger partial charge < -0.3 is 5.32 Å². The summed E-state index contributed by atoms with van der Waals surface area (Å²) in [7, 11) is 0. The lowest BCUT2D eigenvalue weighted by molar-refractivity contribution is 0.0939. The quantitative estimate of drug-likeness (QED) is 0.736. The molecule has 1 unspecified atom stereocenters. The van der Waals surface area contributed by atoms with E-state index in [4.69, 9.17) is 0 Å². The second-order valence-corrected chi connectivity index (χ2v) is 6.66. The fourth-order valence-corrected chi connectivity index (χ4v) is 2.81. The van der Waals surface area contributed by atoms with E-state index in [9.17, 15) is 4.79 Å². The van der Waals surface area contributed by atoms with Crippen molar-refractivity contribution in [3.63, 3.8) is 0 Å². The first-order valence-electron chi connectivity index (χ1n) is 7.14. The molecule has 0 spiro atoms. The number of carbonyl (C=O) groups is 1. The van der Waals surface area contributed by atoms with E-state index in [1.807, 2.05) is 31.2 Å². The first-order valence-corrected chi connectivity index (χ1v) is 8.22. The molecule has 0 aliphatic rings. The van der Waals surface area contributed by atoms with E-state index < -0.39 is 0 Å². The lowest BCUT2D eigenvalue weighted by Gasteiger charge is -2.16. The topological polar surface area (TPSA) is 29.1 Å². The van der Waals surface area contributed by atoms with E-state index in [0.29, 0.717) is 5.92 Å². The van der Waals surface area contributed by atoms with E-state index in [1.54, 1.807) is 0 Å². The second-order valence-electron chi connectivity index (χ2n) is 5.50. The summed E-state index contributed by atoms with van der Waals surface area (Å²) in [5, 5.41) is 3.06. The van der Waals surface area contributed by atoms with Gasteiger partial charge in [0.2, 0.25) is 0 Å². The molecular weight excluding hydrogens is 373 g/mol. The molecule has 0 saturated heterocycles. The summed E-state index contributed by atoms with van der Waals surface area (Å²) < 4.78 is 0.968. The van der Waals surface area contributed by atoms with Gasteiger partial charge in [0.15, 0.2) is 0 Å². The summed E-state index contributed by atoms with van der Waals surface area (Å²) in [6.45, 7) is 6.37. The highest BCUT2D eigenvalue weighted by molar-refractivity contribution is 14.1. The summed E-state index contributed by atoms with van der Waals surface area (Å²) in [6, 6.07) is 16.1. The van der Waals surface area contributed by atoms with E-state index in [0.717, 1.165) is 14.7 Å². The van der Waals surface area contributed by atoms with Crippen LogP contribution in [0.1, 0.15) is 54.2 Å². The van der Waals surface area contributed by atoms with Crippen LogP contribution in [0.4, 0.5) is 0 Å². The van der Waals surface area contributed by atoms with Crippen molar-refractivity contribution in [2.45, 2.75) is 32.7 Å². The van der Waals surface area contributed by atoms with Crippen LogP contribution in [-0.2, 0) is 0 Å². The van der Waals surface area contributed by atoms with Gasteiger partial charge in [-0.3, -0.25) is 4.79 Å². The summed E-state index contributed by atoms with van der Waals surface area (Å²) >= 11 is 2.19. The fraction of sp³-hybridized carbons (Fsp3) is 0.278. The van der Waals surface area contributed by atoms with Gasteiger partial charge in [0.25, 0.3) is 5.91 Å². The van der Waals surface area contributed by atoms with Crippen LogP contribution in [0.25, 0.3) is 0 Å². The number of carbonyl (C=O) groups excluding carboxylic acids is 1. The lowest BCUT2D eigenvalue weighted by Crippen LogP contribution is -2.27. The third-order valence-electron chi connectivity index (χ3n) is 3.57. The number of benzene rings is 2. The number of hydrogen-bond donors (Lipinski definition) is 1. The van der Waals surface area contributed by atoms with Gasteiger partial charge >= 0.3 is 0 Å². The minimum atomic E-state index is -0.0274. The van der Waals surface area contributed by atoms with Crippen molar-refractivity contribution >= 4 is 28.5 Å². The number of rotatable bonds is 4. The van der Waals surface area contributed by atoms with Crippen molar-refractivity contribution in [1.82, 2.24) is 5.32 Å². The average molecular weight is 393 g/mol. The molecule has 0 fully saturated rings. The highest BCUT2D eigenvalue weighted by Crippen LogP contribution is 2.19. The summed E-state index contributed by atoms with van der Waals surface area (Å²) in [5.41, 5.74) is 3.16. The average Bonchev–Trinajstić information content (AvgIpc) is 2.47. The molecule has 0 heterocycles. The normalized spacial score (nSPS) is 12.2. The standard InChI is InChI=1S/C18H20INO/c1-12(2)14-8-10-15(11-9-14)13(3)20-18(21)16-6-4-5-7-17(16)19/h4-13H,1-3H3,(H,20,21). The maximum absolute atomic E-state index is 12.3. The molecule has 110 valence electrons. The van der Waals surface area contributed by atoms with Gasteiger partial charge in [0.05, 0.1) is 11.6 Å². The minimum absolute atomic E-state index is 0.00489. The highest BCUT2D eigenvalue weighted by atomic mass is 127. The molecule has 1 amide bonds. The van der Waals surface area contributed by atoms with Gasteiger partial charge in [-0.05, 0) is 58.7 Å². The summed E-state index contributed by atoms with van der Waals surface area (Å²) in [4.78, 5) is 12.3. The third-order valence-corrected chi connectivity index (χ3v) is 4.51. The van der Waals surface area contributed by atoms with Gasteiger partial charge in [0.1, 0.15) is 0 Å². The van der Waals surface area contributed by atoms with Crippen molar-refractivity contribution in [3.05, 3.63) is 68.8 Å². The molecule has 1 N–H and O–H groups in total. The Morgan fingerprint density at radius 1 is 0.952 bits per heavy atom. The summed E-state index contributed by atoms with van der Waals surface area (Å²) in [6.07, 6.45) is 0.